The zero-order valence-corrected chi connectivity index (χ0v) is 11.8. The van der Waals surface area contributed by atoms with Crippen molar-refractivity contribution >= 4 is 11.8 Å². The summed E-state index contributed by atoms with van der Waals surface area (Å²) in [7, 11) is 1.54. The van der Waals surface area contributed by atoms with E-state index in [1.54, 1.807) is 37.4 Å². The minimum absolute atomic E-state index is 0.176. The Morgan fingerprint density at radius 1 is 1.19 bits per heavy atom. The number of pyridine rings is 1. The quantitative estimate of drug-likeness (QED) is 0.810. The number of hydrogen-bond donors (Lipinski definition) is 0. The fraction of sp³-hybridized carbons (Fsp3) is 0.188. The number of carbonyl (C=O) groups is 2. The second-order valence-corrected chi connectivity index (χ2v) is 4.88. The van der Waals surface area contributed by atoms with Crippen molar-refractivity contribution in [2.75, 3.05) is 7.11 Å². The monoisotopic (exact) mass is 282 g/mol. The van der Waals surface area contributed by atoms with E-state index < -0.39 is 0 Å². The van der Waals surface area contributed by atoms with Crippen LogP contribution in [0.4, 0.5) is 0 Å². The maximum absolute atomic E-state index is 12.5. The van der Waals surface area contributed by atoms with Gasteiger partial charge in [-0.05, 0) is 36.8 Å². The largest absolute Gasteiger partial charge is 0.497 e. The topological polar surface area (TPSA) is 59.5 Å². The van der Waals surface area contributed by atoms with E-state index in [9.17, 15) is 9.59 Å². The number of fused-ring (bicyclic) bond motifs is 1. The highest BCUT2D eigenvalue weighted by molar-refractivity contribution is 6.22. The molecule has 1 aromatic carbocycles. The minimum atomic E-state index is -0.303. The van der Waals surface area contributed by atoms with Gasteiger partial charge in [0, 0.05) is 6.20 Å². The van der Waals surface area contributed by atoms with Gasteiger partial charge < -0.3 is 4.74 Å². The Morgan fingerprint density at radius 2 is 2.00 bits per heavy atom. The van der Waals surface area contributed by atoms with Gasteiger partial charge in [-0.15, -0.1) is 0 Å². The lowest BCUT2D eigenvalue weighted by Crippen LogP contribution is -2.29. The smallest absolute Gasteiger partial charge is 0.262 e. The first-order valence-corrected chi connectivity index (χ1v) is 6.56. The first-order valence-electron chi connectivity index (χ1n) is 6.56. The molecule has 1 aliphatic rings. The third-order valence-corrected chi connectivity index (χ3v) is 3.53. The van der Waals surface area contributed by atoms with Crippen LogP contribution >= 0.6 is 0 Å². The van der Waals surface area contributed by atoms with E-state index in [1.165, 1.54) is 12.0 Å². The summed E-state index contributed by atoms with van der Waals surface area (Å²) >= 11 is 0. The normalized spacial score (nSPS) is 13.5. The summed E-state index contributed by atoms with van der Waals surface area (Å²) in [6.07, 6.45) is 1.64. The van der Waals surface area contributed by atoms with Gasteiger partial charge in [0.05, 0.1) is 30.5 Å². The average molecular weight is 282 g/mol. The SMILES string of the molecule is COc1cc(C)c2c(c1)C(=O)N(Cc1ccccn1)C2=O. The van der Waals surface area contributed by atoms with Crippen molar-refractivity contribution in [3.05, 3.63) is 58.9 Å². The fourth-order valence-corrected chi connectivity index (χ4v) is 2.49. The minimum Gasteiger partial charge on any atom is -0.497 e. The molecule has 0 atom stereocenters. The van der Waals surface area contributed by atoms with Crippen molar-refractivity contribution < 1.29 is 14.3 Å². The number of imide groups is 1. The molecule has 0 N–H and O–H groups in total. The van der Waals surface area contributed by atoms with Gasteiger partial charge >= 0.3 is 0 Å². The number of amides is 2. The molecule has 0 saturated carbocycles. The second kappa shape index (κ2) is 5.01. The molecule has 2 amide bonds. The maximum atomic E-state index is 12.5. The lowest BCUT2D eigenvalue weighted by Gasteiger charge is -2.12. The number of carbonyl (C=O) groups excluding carboxylic acids is 2. The number of aromatic nitrogens is 1. The summed E-state index contributed by atoms with van der Waals surface area (Å²) in [5.41, 5.74) is 2.27. The molecule has 21 heavy (non-hydrogen) atoms. The van der Waals surface area contributed by atoms with Crippen LogP contribution in [0, 0.1) is 6.92 Å². The van der Waals surface area contributed by atoms with Gasteiger partial charge in [0.25, 0.3) is 11.8 Å². The first kappa shape index (κ1) is 13.3. The Balaban J connectivity index is 1.99. The predicted molar refractivity (Wildman–Crippen MR) is 76.2 cm³/mol. The molecule has 0 unspecified atom stereocenters. The highest BCUT2D eigenvalue weighted by Gasteiger charge is 2.37. The van der Waals surface area contributed by atoms with Gasteiger partial charge in [-0.2, -0.15) is 0 Å². The van der Waals surface area contributed by atoms with E-state index in [-0.39, 0.29) is 18.4 Å². The number of ether oxygens (including phenoxy) is 1. The average Bonchev–Trinajstić information content (AvgIpc) is 2.73. The molecule has 2 aromatic rings. The number of nitrogens with zero attached hydrogens (tertiary/aromatic N) is 2. The number of aryl methyl sites for hydroxylation is 1. The van der Waals surface area contributed by atoms with Gasteiger partial charge in [-0.25, -0.2) is 0 Å². The van der Waals surface area contributed by atoms with Crippen LogP contribution in [-0.4, -0.2) is 28.8 Å². The van der Waals surface area contributed by atoms with E-state index in [4.69, 9.17) is 4.74 Å². The van der Waals surface area contributed by atoms with Gasteiger partial charge in [0.15, 0.2) is 0 Å². The van der Waals surface area contributed by atoms with Crippen LogP contribution in [0.1, 0.15) is 32.0 Å². The summed E-state index contributed by atoms with van der Waals surface area (Å²) < 4.78 is 5.16. The van der Waals surface area contributed by atoms with Crippen molar-refractivity contribution in [1.82, 2.24) is 9.88 Å². The van der Waals surface area contributed by atoms with Crippen LogP contribution in [0.2, 0.25) is 0 Å². The third-order valence-electron chi connectivity index (χ3n) is 3.53. The molecule has 0 saturated heterocycles. The summed E-state index contributed by atoms with van der Waals surface area (Å²) in [6.45, 7) is 1.98. The molecule has 0 aliphatic carbocycles. The maximum Gasteiger partial charge on any atom is 0.262 e. The Morgan fingerprint density at radius 3 is 2.67 bits per heavy atom. The van der Waals surface area contributed by atoms with Crippen LogP contribution in [0.15, 0.2) is 36.5 Å². The molecular formula is C16H14N2O3. The van der Waals surface area contributed by atoms with E-state index in [1.807, 2.05) is 6.07 Å². The Hall–Kier alpha value is -2.69. The van der Waals surface area contributed by atoms with Crippen LogP contribution in [0.5, 0.6) is 5.75 Å². The lowest BCUT2D eigenvalue weighted by molar-refractivity contribution is 0.0640. The molecule has 0 bridgehead atoms. The van der Waals surface area contributed by atoms with Crippen molar-refractivity contribution in [1.29, 1.82) is 0 Å². The number of hydrogen-bond acceptors (Lipinski definition) is 4. The lowest BCUT2D eigenvalue weighted by atomic mass is 10.0. The van der Waals surface area contributed by atoms with Crippen molar-refractivity contribution in [3.8, 4) is 5.75 Å². The van der Waals surface area contributed by atoms with Gasteiger partial charge in [0.1, 0.15) is 5.75 Å². The van der Waals surface area contributed by atoms with Crippen molar-refractivity contribution in [3.63, 3.8) is 0 Å². The third kappa shape index (κ3) is 2.16. The van der Waals surface area contributed by atoms with E-state index in [2.05, 4.69) is 4.98 Å². The van der Waals surface area contributed by atoms with Crippen LogP contribution < -0.4 is 4.74 Å². The first-order chi connectivity index (χ1) is 10.1. The standard InChI is InChI=1S/C16H14N2O3/c1-10-7-12(21-2)8-13-14(10)16(20)18(15(13)19)9-11-5-3-4-6-17-11/h3-8H,9H2,1-2H3. The molecule has 1 aromatic heterocycles. The van der Waals surface area contributed by atoms with Gasteiger partial charge in [-0.1, -0.05) is 6.07 Å². The Labute approximate surface area is 122 Å². The molecule has 0 spiro atoms. The van der Waals surface area contributed by atoms with Crippen LogP contribution in [0.3, 0.4) is 0 Å². The molecule has 2 heterocycles. The van der Waals surface area contributed by atoms with Crippen molar-refractivity contribution in [2.24, 2.45) is 0 Å². The Kier molecular flexibility index (Phi) is 3.17. The highest BCUT2D eigenvalue weighted by atomic mass is 16.5. The zero-order chi connectivity index (χ0) is 15.0. The summed E-state index contributed by atoms with van der Waals surface area (Å²) in [6, 6.07) is 8.78. The second-order valence-electron chi connectivity index (χ2n) is 4.88. The summed E-state index contributed by atoms with van der Waals surface area (Å²) in [5.74, 6) is -0.00412. The Bertz CT molecular complexity index is 726. The summed E-state index contributed by atoms with van der Waals surface area (Å²) in [5, 5.41) is 0. The molecule has 5 nitrogen and oxygen atoms in total. The van der Waals surface area contributed by atoms with E-state index in [0.717, 1.165) is 5.56 Å². The molecule has 106 valence electrons. The number of methoxy groups -OCH3 is 1. The van der Waals surface area contributed by atoms with Gasteiger partial charge in [-0.3, -0.25) is 19.5 Å². The molecular weight excluding hydrogens is 268 g/mol. The van der Waals surface area contributed by atoms with Gasteiger partial charge in [0.2, 0.25) is 0 Å². The molecule has 3 rings (SSSR count). The molecule has 0 radical (unpaired) electrons. The van der Waals surface area contributed by atoms with Crippen LogP contribution in [-0.2, 0) is 6.54 Å². The molecule has 5 heteroatoms. The molecule has 0 fully saturated rings. The predicted octanol–water partition coefficient (Wildman–Crippen LogP) is 2.19. The summed E-state index contributed by atoms with van der Waals surface area (Å²) in [4.78, 5) is 30.3. The van der Waals surface area contributed by atoms with Crippen molar-refractivity contribution in [2.45, 2.75) is 13.5 Å². The van der Waals surface area contributed by atoms with Crippen LogP contribution in [0.25, 0.3) is 0 Å². The van der Waals surface area contributed by atoms with E-state index in [0.29, 0.717) is 22.6 Å². The zero-order valence-electron chi connectivity index (χ0n) is 11.8. The van der Waals surface area contributed by atoms with E-state index >= 15 is 0 Å². The number of rotatable bonds is 3. The fourth-order valence-electron chi connectivity index (χ4n) is 2.49. The number of benzene rings is 1. The molecule has 1 aliphatic heterocycles. The highest BCUT2D eigenvalue weighted by Crippen LogP contribution is 2.30.